The number of nitrogens with one attached hydrogen (secondary N) is 1. The minimum absolute atomic E-state index is 0.171. The first-order valence-corrected chi connectivity index (χ1v) is 12.2. The number of aryl methyl sites for hydroxylation is 2. The number of fused-ring (bicyclic) bond motifs is 3. The Morgan fingerprint density at radius 3 is 2.59 bits per heavy atom. The van der Waals surface area contributed by atoms with Gasteiger partial charge in [0.2, 0.25) is 5.91 Å². The second-order valence-corrected chi connectivity index (χ2v) is 9.30. The minimum atomic E-state index is -0.389. The van der Waals surface area contributed by atoms with Crippen LogP contribution in [0, 0.1) is 6.92 Å². The van der Waals surface area contributed by atoms with Gasteiger partial charge in [-0.2, -0.15) is 0 Å². The van der Waals surface area contributed by atoms with Crippen molar-refractivity contribution >= 4 is 38.8 Å². The standard InChI is InChI=1S/C26H25N5O2S/c1-3-4-5-18-8-12-20(13-9-18)28-22(32)14-31-26(33)30-16-27-23-21(15-34-24(23)25(30)29-31)19-10-6-17(2)7-11-19/h6-13,15-16H,3-5,14H2,1-2H3,(H,28,32). The number of aromatic nitrogens is 4. The number of rotatable bonds is 7. The maximum atomic E-state index is 12.9. The highest BCUT2D eigenvalue weighted by Gasteiger charge is 2.17. The van der Waals surface area contributed by atoms with Crippen molar-refractivity contribution in [1.82, 2.24) is 19.2 Å². The monoisotopic (exact) mass is 471 g/mol. The van der Waals surface area contributed by atoms with E-state index in [1.807, 2.05) is 29.6 Å². The largest absolute Gasteiger partial charge is 0.352 e. The molecule has 0 saturated carbocycles. The zero-order valence-corrected chi connectivity index (χ0v) is 19.9. The van der Waals surface area contributed by atoms with Crippen LogP contribution in [0.15, 0.2) is 65.0 Å². The summed E-state index contributed by atoms with van der Waals surface area (Å²) < 4.78 is 3.40. The highest BCUT2D eigenvalue weighted by atomic mass is 32.1. The van der Waals surface area contributed by atoms with E-state index in [0.29, 0.717) is 11.3 Å². The highest BCUT2D eigenvalue weighted by Crippen LogP contribution is 2.34. The molecule has 0 bridgehead atoms. The van der Waals surface area contributed by atoms with Crippen LogP contribution in [0.1, 0.15) is 30.9 Å². The van der Waals surface area contributed by atoms with Gasteiger partial charge in [0, 0.05) is 16.6 Å². The fraction of sp³-hybridized carbons (Fsp3) is 0.231. The van der Waals surface area contributed by atoms with E-state index >= 15 is 0 Å². The first kappa shape index (κ1) is 22.0. The van der Waals surface area contributed by atoms with E-state index in [1.165, 1.54) is 37.9 Å². The van der Waals surface area contributed by atoms with Crippen molar-refractivity contribution in [3.8, 4) is 11.1 Å². The molecule has 7 nitrogen and oxygen atoms in total. The molecule has 0 spiro atoms. The number of amides is 1. The van der Waals surface area contributed by atoms with Gasteiger partial charge in [-0.05, 0) is 43.0 Å². The Labute approximate surface area is 200 Å². The molecule has 0 saturated heterocycles. The normalized spacial score (nSPS) is 11.4. The second-order valence-electron chi connectivity index (χ2n) is 8.42. The predicted molar refractivity (Wildman–Crippen MR) is 136 cm³/mol. The molecule has 1 amide bonds. The molecule has 172 valence electrons. The Balaban J connectivity index is 1.39. The number of anilines is 1. The summed E-state index contributed by atoms with van der Waals surface area (Å²) in [6, 6.07) is 16.1. The predicted octanol–water partition coefficient (Wildman–Crippen LogP) is 5.06. The average Bonchev–Trinajstić information content (AvgIpc) is 3.40. The second kappa shape index (κ2) is 9.23. The van der Waals surface area contributed by atoms with Gasteiger partial charge in [-0.3, -0.25) is 4.79 Å². The van der Waals surface area contributed by atoms with Gasteiger partial charge in [0.25, 0.3) is 0 Å². The average molecular weight is 472 g/mol. The van der Waals surface area contributed by atoms with E-state index in [1.54, 1.807) is 0 Å². The molecule has 0 aliphatic rings. The van der Waals surface area contributed by atoms with E-state index in [4.69, 9.17) is 0 Å². The molecule has 5 rings (SSSR count). The number of nitrogens with zero attached hydrogens (tertiary/aromatic N) is 4. The van der Waals surface area contributed by atoms with Gasteiger partial charge >= 0.3 is 5.69 Å². The highest BCUT2D eigenvalue weighted by molar-refractivity contribution is 7.18. The topological polar surface area (TPSA) is 81.3 Å². The van der Waals surface area contributed by atoms with E-state index in [-0.39, 0.29) is 18.1 Å². The summed E-state index contributed by atoms with van der Waals surface area (Å²) in [4.78, 5) is 30.0. The molecule has 0 aliphatic carbocycles. The summed E-state index contributed by atoms with van der Waals surface area (Å²) in [5.74, 6) is -0.303. The van der Waals surface area contributed by atoms with Gasteiger partial charge in [-0.1, -0.05) is 55.3 Å². The number of hydrogen-bond donors (Lipinski definition) is 1. The van der Waals surface area contributed by atoms with Crippen LogP contribution in [0.4, 0.5) is 5.69 Å². The van der Waals surface area contributed by atoms with Crippen molar-refractivity contribution in [3.05, 3.63) is 81.8 Å². The quantitative estimate of drug-likeness (QED) is 0.360. The Morgan fingerprint density at radius 1 is 1.09 bits per heavy atom. The lowest BCUT2D eigenvalue weighted by Crippen LogP contribution is -2.28. The van der Waals surface area contributed by atoms with Gasteiger partial charge in [0.1, 0.15) is 12.9 Å². The number of carbonyl (C=O) groups is 1. The number of hydrogen-bond acceptors (Lipinski definition) is 5. The van der Waals surface area contributed by atoms with Crippen molar-refractivity contribution in [3.63, 3.8) is 0 Å². The molecule has 5 aromatic rings. The van der Waals surface area contributed by atoms with Crippen molar-refractivity contribution in [2.75, 3.05) is 5.32 Å². The van der Waals surface area contributed by atoms with Crippen LogP contribution in [0.3, 0.4) is 0 Å². The molecule has 0 aliphatic heterocycles. The Hall–Kier alpha value is -3.78. The van der Waals surface area contributed by atoms with E-state index in [0.717, 1.165) is 40.6 Å². The van der Waals surface area contributed by atoms with Crippen LogP contribution in [-0.4, -0.2) is 25.1 Å². The van der Waals surface area contributed by atoms with E-state index in [9.17, 15) is 9.59 Å². The molecule has 0 radical (unpaired) electrons. The lowest BCUT2D eigenvalue weighted by atomic mass is 10.1. The summed E-state index contributed by atoms with van der Waals surface area (Å²) in [5.41, 5.74) is 6.12. The number of thiophene rings is 1. The Kier molecular flexibility index (Phi) is 5.98. The van der Waals surface area contributed by atoms with Crippen LogP contribution in [0.25, 0.3) is 27.0 Å². The molecule has 1 N–H and O–H groups in total. The Morgan fingerprint density at radius 2 is 1.85 bits per heavy atom. The first-order valence-electron chi connectivity index (χ1n) is 11.3. The Bertz CT molecular complexity index is 1530. The van der Waals surface area contributed by atoms with Crippen molar-refractivity contribution in [1.29, 1.82) is 0 Å². The van der Waals surface area contributed by atoms with Gasteiger partial charge in [0.05, 0.1) is 10.2 Å². The molecule has 0 fully saturated rings. The maximum Gasteiger partial charge on any atom is 0.352 e. The summed E-state index contributed by atoms with van der Waals surface area (Å²) in [6.07, 6.45) is 4.80. The molecule has 0 unspecified atom stereocenters. The van der Waals surface area contributed by atoms with Crippen molar-refractivity contribution in [2.45, 2.75) is 39.7 Å². The number of benzene rings is 2. The molecular formula is C26H25N5O2S. The van der Waals surface area contributed by atoms with Crippen molar-refractivity contribution in [2.24, 2.45) is 0 Å². The molecular weight excluding hydrogens is 446 g/mol. The molecule has 8 heteroatoms. The van der Waals surface area contributed by atoms with Crippen LogP contribution in [-0.2, 0) is 17.8 Å². The lowest BCUT2D eigenvalue weighted by molar-refractivity contribution is -0.117. The van der Waals surface area contributed by atoms with Gasteiger partial charge in [-0.15, -0.1) is 16.4 Å². The smallest absolute Gasteiger partial charge is 0.324 e. The zero-order valence-electron chi connectivity index (χ0n) is 19.1. The van der Waals surface area contributed by atoms with Gasteiger partial charge in [0.15, 0.2) is 5.65 Å². The van der Waals surface area contributed by atoms with Gasteiger partial charge < -0.3 is 5.32 Å². The fourth-order valence-electron chi connectivity index (χ4n) is 3.95. The minimum Gasteiger partial charge on any atom is -0.324 e. The summed E-state index contributed by atoms with van der Waals surface area (Å²) >= 11 is 1.49. The van der Waals surface area contributed by atoms with Crippen LogP contribution in [0.5, 0.6) is 0 Å². The molecule has 3 heterocycles. The van der Waals surface area contributed by atoms with Gasteiger partial charge in [-0.25, -0.2) is 18.9 Å². The van der Waals surface area contributed by atoms with Crippen LogP contribution < -0.4 is 11.0 Å². The van der Waals surface area contributed by atoms with E-state index < -0.39 is 0 Å². The van der Waals surface area contributed by atoms with Crippen LogP contribution >= 0.6 is 11.3 Å². The molecule has 2 aromatic carbocycles. The summed E-state index contributed by atoms with van der Waals surface area (Å²) in [7, 11) is 0. The first-order chi connectivity index (χ1) is 16.5. The van der Waals surface area contributed by atoms with Crippen LogP contribution in [0.2, 0.25) is 0 Å². The molecule has 34 heavy (non-hydrogen) atoms. The fourth-order valence-corrected chi connectivity index (χ4v) is 4.95. The zero-order chi connectivity index (χ0) is 23.7. The third kappa shape index (κ3) is 4.24. The van der Waals surface area contributed by atoms with Crippen molar-refractivity contribution < 1.29 is 4.79 Å². The molecule has 0 atom stereocenters. The molecule has 3 aromatic heterocycles. The SMILES string of the molecule is CCCCc1ccc(NC(=O)Cn2nc3c4scc(-c5ccc(C)cc5)c4ncn3c2=O)cc1. The number of unbranched alkanes of at least 4 members (excludes halogenated alkanes) is 1. The summed E-state index contributed by atoms with van der Waals surface area (Å²) in [6.45, 7) is 4.04. The third-order valence-corrected chi connectivity index (χ3v) is 6.82. The lowest BCUT2D eigenvalue weighted by Gasteiger charge is -2.06. The third-order valence-electron chi connectivity index (χ3n) is 5.85. The van der Waals surface area contributed by atoms with E-state index in [2.05, 4.69) is 53.5 Å². The maximum absolute atomic E-state index is 12.9. The number of carbonyl (C=O) groups excluding carboxylic acids is 1. The summed E-state index contributed by atoms with van der Waals surface area (Å²) in [5, 5.41) is 9.35.